The summed E-state index contributed by atoms with van der Waals surface area (Å²) in [4.78, 5) is 0. The topological polar surface area (TPSA) is 9.23 Å². The van der Waals surface area contributed by atoms with E-state index in [2.05, 4.69) is 97.1 Å². The van der Waals surface area contributed by atoms with E-state index < -0.39 is 0 Å². The maximum atomic E-state index is 6.94. The number of benzene rings is 4. The van der Waals surface area contributed by atoms with Crippen LogP contribution in [0.2, 0.25) is 0 Å². The van der Waals surface area contributed by atoms with Crippen LogP contribution in [0.5, 0.6) is 0 Å². The van der Waals surface area contributed by atoms with Crippen LogP contribution in [-0.2, 0) is 16.8 Å². The molecule has 28 heavy (non-hydrogen) atoms. The minimum absolute atomic E-state index is 0.161. The Bertz CT molecular complexity index is 1160. The fourth-order valence-electron chi connectivity index (χ4n) is 5.44. The fraction of sp³-hybridized carbons (Fsp3) is 0.185. The largest absolute Gasteiger partial charge is 0.357 e. The van der Waals surface area contributed by atoms with Gasteiger partial charge in [-0.1, -0.05) is 97.1 Å². The van der Waals surface area contributed by atoms with Gasteiger partial charge in [-0.05, 0) is 45.9 Å². The molecule has 0 saturated carbocycles. The molecule has 1 aliphatic heterocycles. The summed E-state index contributed by atoms with van der Waals surface area (Å²) in [5.41, 5.74) is 5.04. The molecular weight excluding hydrogens is 340 g/mol. The molecule has 6 rings (SSSR count). The Morgan fingerprint density at radius 1 is 0.679 bits per heavy atom. The Kier molecular flexibility index (Phi) is 3.48. The zero-order valence-corrected chi connectivity index (χ0v) is 15.7. The van der Waals surface area contributed by atoms with E-state index in [0.717, 1.165) is 12.8 Å². The van der Waals surface area contributed by atoms with E-state index in [1.165, 1.54) is 33.0 Å². The first-order valence-electron chi connectivity index (χ1n) is 10.2. The molecule has 1 saturated heterocycles. The standard InChI is InChI=1S/C27H22O/c1-2-11-21(12-3-1)26-25-18-17-20-10-5-7-15-23(20)27(25,28-26)24-16-8-13-19-9-4-6-14-22(19)24/h1-16,25-26H,17-18H2/t25-,26+,27-/m1/s1. The quantitative estimate of drug-likeness (QED) is 0.400. The zero-order chi connectivity index (χ0) is 18.6. The number of ether oxygens (including phenoxy) is 1. The number of hydrogen-bond acceptors (Lipinski definition) is 1. The van der Waals surface area contributed by atoms with Crippen LogP contribution in [0.1, 0.15) is 34.8 Å². The summed E-state index contributed by atoms with van der Waals surface area (Å²) in [6, 6.07) is 35.0. The third-order valence-corrected chi connectivity index (χ3v) is 6.66. The van der Waals surface area contributed by atoms with Crippen molar-refractivity contribution >= 4 is 10.8 Å². The SMILES string of the molecule is c1ccc([C@@H]2O[C@@]3(c4cccc5ccccc45)c4ccccc4CC[C@H]23)cc1. The molecule has 1 heterocycles. The van der Waals surface area contributed by atoms with Crippen molar-refractivity contribution in [2.45, 2.75) is 24.5 Å². The monoisotopic (exact) mass is 362 g/mol. The van der Waals surface area contributed by atoms with Gasteiger partial charge < -0.3 is 4.74 Å². The summed E-state index contributed by atoms with van der Waals surface area (Å²) in [6.45, 7) is 0. The zero-order valence-electron chi connectivity index (χ0n) is 15.7. The van der Waals surface area contributed by atoms with E-state index >= 15 is 0 Å². The first kappa shape index (κ1) is 16.1. The molecule has 4 aromatic carbocycles. The van der Waals surface area contributed by atoms with Crippen molar-refractivity contribution in [1.82, 2.24) is 0 Å². The third kappa shape index (κ3) is 2.11. The van der Waals surface area contributed by atoms with E-state index in [1.54, 1.807) is 0 Å². The minimum atomic E-state index is -0.351. The van der Waals surface area contributed by atoms with Crippen LogP contribution >= 0.6 is 0 Å². The van der Waals surface area contributed by atoms with E-state index in [-0.39, 0.29) is 11.7 Å². The average molecular weight is 362 g/mol. The van der Waals surface area contributed by atoms with E-state index in [9.17, 15) is 0 Å². The summed E-state index contributed by atoms with van der Waals surface area (Å²) in [6.07, 6.45) is 2.44. The molecule has 0 N–H and O–H groups in total. The van der Waals surface area contributed by atoms with Crippen LogP contribution < -0.4 is 0 Å². The Morgan fingerprint density at radius 3 is 2.32 bits per heavy atom. The molecule has 1 aliphatic carbocycles. The average Bonchev–Trinajstić information content (AvgIpc) is 2.75. The Morgan fingerprint density at radius 2 is 1.39 bits per heavy atom. The Balaban J connectivity index is 1.59. The van der Waals surface area contributed by atoms with Gasteiger partial charge >= 0.3 is 0 Å². The molecule has 1 nitrogen and oxygen atoms in total. The second-order valence-electron chi connectivity index (χ2n) is 8.01. The predicted octanol–water partition coefficient (Wildman–Crippen LogP) is 6.42. The van der Waals surface area contributed by atoms with Crippen LogP contribution in [0.3, 0.4) is 0 Å². The van der Waals surface area contributed by atoms with E-state index in [4.69, 9.17) is 4.74 Å². The third-order valence-electron chi connectivity index (χ3n) is 6.66. The van der Waals surface area contributed by atoms with Gasteiger partial charge in [-0.25, -0.2) is 0 Å². The van der Waals surface area contributed by atoms with Crippen LogP contribution in [0, 0.1) is 5.92 Å². The summed E-state index contributed by atoms with van der Waals surface area (Å²) in [5, 5.41) is 2.58. The van der Waals surface area contributed by atoms with Crippen molar-refractivity contribution in [3.63, 3.8) is 0 Å². The molecule has 0 aromatic heterocycles. The van der Waals surface area contributed by atoms with Crippen LogP contribution in [0.15, 0.2) is 97.1 Å². The van der Waals surface area contributed by atoms with E-state index in [1.807, 2.05) is 0 Å². The van der Waals surface area contributed by atoms with Crippen molar-refractivity contribution in [2.75, 3.05) is 0 Å². The van der Waals surface area contributed by atoms with Crippen molar-refractivity contribution in [2.24, 2.45) is 5.92 Å². The van der Waals surface area contributed by atoms with Gasteiger partial charge in [0.05, 0.1) is 6.10 Å². The molecule has 0 amide bonds. The smallest absolute Gasteiger partial charge is 0.125 e. The van der Waals surface area contributed by atoms with Gasteiger partial charge in [0.1, 0.15) is 5.60 Å². The van der Waals surface area contributed by atoms with Gasteiger partial charge in [0.15, 0.2) is 0 Å². The maximum Gasteiger partial charge on any atom is 0.125 e. The van der Waals surface area contributed by atoms with Crippen LogP contribution in [0.25, 0.3) is 10.8 Å². The van der Waals surface area contributed by atoms with Crippen molar-refractivity contribution in [3.8, 4) is 0 Å². The maximum absolute atomic E-state index is 6.94. The molecular formula is C27H22O. The highest BCUT2D eigenvalue weighted by Crippen LogP contribution is 2.63. The predicted molar refractivity (Wildman–Crippen MR) is 113 cm³/mol. The number of aryl methyl sites for hydroxylation is 1. The van der Waals surface area contributed by atoms with Gasteiger partial charge in [-0.3, -0.25) is 0 Å². The Labute approximate surface area is 165 Å². The van der Waals surface area contributed by atoms with Crippen LogP contribution in [0.4, 0.5) is 0 Å². The molecule has 0 unspecified atom stereocenters. The molecule has 1 fully saturated rings. The molecule has 136 valence electrons. The number of fused-ring (bicyclic) bond motifs is 4. The van der Waals surface area contributed by atoms with Gasteiger partial charge in [-0.2, -0.15) is 0 Å². The number of rotatable bonds is 2. The lowest BCUT2D eigenvalue weighted by Crippen LogP contribution is -2.56. The highest BCUT2D eigenvalue weighted by Gasteiger charge is 2.60. The van der Waals surface area contributed by atoms with Gasteiger partial charge in [-0.15, -0.1) is 0 Å². The second kappa shape index (κ2) is 6.05. The van der Waals surface area contributed by atoms with E-state index in [0.29, 0.717) is 5.92 Å². The Hall–Kier alpha value is -2.90. The van der Waals surface area contributed by atoms with Crippen molar-refractivity contribution < 1.29 is 4.74 Å². The summed E-state index contributed by atoms with van der Waals surface area (Å²) in [7, 11) is 0. The lowest BCUT2D eigenvalue weighted by molar-refractivity contribution is -0.256. The molecule has 0 bridgehead atoms. The molecule has 4 aromatic rings. The van der Waals surface area contributed by atoms with Crippen LogP contribution in [-0.4, -0.2) is 0 Å². The molecule has 0 radical (unpaired) electrons. The molecule has 3 atom stereocenters. The summed E-state index contributed by atoms with van der Waals surface area (Å²) < 4.78 is 6.94. The first-order chi connectivity index (χ1) is 13.9. The number of hydrogen-bond donors (Lipinski definition) is 0. The summed E-state index contributed by atoms with van der Waals surface area (Å²) in [5.74, 6) is 0.454. The second-order valence-corrected chi connectivity index (χ2v) is 8.01. The van der Waals surface area contributed by atoms with Crippen molar-refractivity contribution in [1.29, 1.82) is 0 Å². The summed E-state index contributed by atoms with van der Waals surface area (Å²) >= 11 is 0. The van der Waals surface area contributed by atoms with Gasteiger partial charge in [0, 0.05) is 5.92 Å². The first-order valence-corrected chi connectivity index (χ1v) is 10.2. The fourth-order valence-corrected chi connectivity index (χ4v) is 5.44. The van der Waals surface area contributed by atoms with Gasteiger partial charge in [0.2, 0.25) is 0 Å². The minimum Gasteiger partial charge on any atom is -0.357 e. The molecule has 0 spiro atoms. The van der Waals surface area contributed by atoms with Crippen molar-refractivity contribution in [3.05, 3.63) is 119 Å². The normalized spacial score (nSPS) is 25.6. The highest BCUT2D eigenvalue weighted by atomic mass is 16.5. The molecule has 1 heteroatoms. The lowest BCUT2D eigenvalue weighted by atomic mass is 9.60. The van der Waals surface area contributed by atoms with Gasteiger partial charge in [0.25, 0.3) is 0 Å². The highest BCUT2D eigenvalue weighted by molar-refractivity contribution is 5.87. The molecule has 2 aliphatic rings. The lowest BCUT2D eigenvalue weighted by Gasteiger charge is -2.59.